The molecule has 0 spiro atoms. The molecule has 0 fully saturated rings. The van der Waals surface area contributed by atoms with Gasteiger partial charge in [-0.1, -0.05) is 30.3 Å². The van der Waals surface area contributed by atoms with Gasteiger partial charge in [0, 0.05) is 5.56 Å². The highest BCUT2D eigenvalue weighted by Crippen LogP contribution is 2.22. The summed E-state index contributed by atoms with van der Waals surface area (Å²) in [5.41, 5.74) is 4.42. The Kier molecular flexibility index (Phi) is 4.04. The normalized spacial score (nSPS) is 10.9. The van der Waals surface area contributed by atoms with Gasteiger partial charge in [-0.05, 0) is 61.2 Å². The van der Waals surface area contributed by atoms with Crippen LogP contribution in [0.3, 0.4) is 0 Å². The number of allylic oxidation sites excluding steroid dienone is 1. The summed E-state index contributed by atoms with van der Waals surface area (Å²) >= 11 is 0. The number of aryl methyl sites for hydroxylation is 3. The Morgan fingerprint density at radius 2 is 1.60 bits per heavy atom. The summed E-state index contributed by atoms with van der Waals surface area (Å²) in [6, 6.07) is 11.2. The zero-order valence-corrected chi connectivity index (χ0v) is 12.0. The van der Waals surface area contributed by atoms with Gasteiger partial charge < -0.3 is 5.11 Å². The Hall–Kier alpha value is -2.35. The third kappa shape index (κ3) is 2.97. The van der Waals surface area contributed by atoms with Gasteiger partial charge in [-0.15, -0.1) is 0 Å². The topological polar surface area (TPSA) is 37.3 Å². The molecule has 0 heterocycles. The van der Waals surface area contributed by atoms with Crippen LogP contribution in [0, 0.1) is 20.8 Å². The third-order valence-electron chi connectivity index (χ3n) is 3.37. The molecule has 2 heteroatoms. The van der Waals surface area contributed by atoms with Gasteiger partial charge in [0.05, 0.1) is 0 Å². The fourth-order valence-electron chi connectivity index (χ4n) is 2.35. The first-order valence-electron chi connectivity index (χ1n) is 6.57. The Bertz CT molecular complexity index is 659. The number of hydrogen-bond acceptors (Lipinski definition) is 2. The second-order valence-electron chi connectivity index (χ2n) is 5.01. The molecule has 1 N–H and O–H groups in total. The van der Waals surface area contributed by atoms with Crippen molar-refractivity contribution in [2.75, 3.05) is 0 Å². The van der Waals surface area contributed by atoms with Crippen LogP contribution in [0.15, 0.2) is 42.5 Å². The lowest BCUT2D eigenvalue weighted by molar-refractivity contribution is 0.104. The lowest BCUT2D eigenvalue weighted by Gasteiger charge is -2.07. The molecule has 0 aliphatic rings. The highest BCUT2D eigenvalue weighted by molar-refractivity contribution is 6.08. The smallest absolute Gasteiger partial charge is 0.186 e. The summed E-state index contributed by atoms with van der Waals surface area (Å²) < 4.78 is 0. The number of phenolic OH excluding ortho intramolecular Hbond substituents is 1. The van der Waals surface area contributed by atoms with E-state index in [2.05, 4.69) is 0 Å². The van der Waals surface area contributed by atoms with E-state index in [4.69, 9.17) is 0 Å². The van der Waals surface area contributed by atoms with Gasteiger partial charge in [-0.3, -0.25) is 4.79 Å². The van der Waals surface area contributed by atoms with Gasteiger partial charge in [0.2, 0.25) is 0 Å². The molecule has 0 saturated carbocycles. The number of carbonyl (C=O) groups excluding carboxylic acids is 1. The molecule has 0 unspecified atom stereocenters. The highest BCUT2D eigenvalue weighted by Gasteiger charge is 2.10. The quantitative estimate of drug-likeness (QED) is 0.667. The molecule has 2 rings (SSSR count). The van der Waals surface area contributed by atoms with E-state index in [1.165, 1.54) is 0 Å². The average molecular weight is 266 g/mol. The molecule has 0 aromatic heterocycles. The van der Waals surface area contributed by atoms with E-state index in [1.54, 1.807) is 18.2 Å². The second-order valence-corrected chi connectivity index (χ2v) is 5.01. The molecule has 0 aliphatic heterocycles. The largest absolute Gasteiger partial charge is 0.508 e. The highest BCUT2D eigenvalue weighted by atomic mass is 16.3. The maximum absolute atomic E-state index is 12.3. The fraction of sp³-hybridized carbons (Fsp3) is 0.167. The van der Waals surface area contributed by atoms with Crippen molar-refractivity contribution in [2.45, 2.75) is 20.8 Å². The molecule has 0 amide bonds. The summed E-state index contributed by atoms with van der Waals surface area (Å²) in [6.45, 7) is 5.68. The van der Waals surface area contributed by atoms with Crippen LogP contribution in [0.25, 0.3) is 6.08 Å². The lowest BCUT2D eigenvalue weighted by atomic mass is 9.97. The van der Waals surface area contributed by atoms with Crippen LogP contribution < -0.4 is 0 Å². The van der Waals surface area contributed by atoms with Crippen LogP contribution in [-0.4, -0.2) is 10.9 Å². The van der Waals surface area contributed by atoms with Crippen molar-refractivity contribution in [3.63, 3.8) is 0 Å². The molecule has 20 heavy (non-hydrogen) atoms. The van der Waals surface area contributed by atoms with Gasteiger partial charge in [0.1, 0.15) is 5.75 Å². The minimum absolute atomic E-state index is 0.0387. The Labute approximate surface area is 119 Å². The van der Waals surface area contributed by atoms with Crippen molar-refractivity contribution in [3.8, 4) is 5.75 Å². The average Bonchev–Trinajstić information content (AvgIpc) is 2.36. The van der Waals surface area contributed by atoms with Crippen molar-refractivity contribution in [2.24, 2.45) is 0 Å². The van der Waals surface area contributed by atoms with Crippen molar-refractivity contribution >= 4 is 11.9 Å². The van der Waals surface area contributed by atoms with Gasteiger partial charge in [0.25, 0.3) is 0 Å². The van der Waals surface area contributed by atoms with Crippen LogP contribution in [0.4, 0.5) is 0 Å². The van der Waals surface area contributed by atoms with Gasteiger partial charge in [-0.2, -0.15) is 0 Å². The zero-order valence-electron chi connectivity index (χ0n) is 12.0. The maximum atomic E-state index is 12.3. The standard InChI is InChI=1S/C18H18O2/c1-12-6-4-5-7-15(12)8-9-17(20)18-13(2)10-16(19)11-14(18)3/h4-11,19H,1-3H3/b9-8+. The van der Waals surface area contributed by atoms with E-state index in [9.17, 15) is 9.90 Å². The van der Waals surface area contributed by atoms with E-state index < -0.39 is 0 Å². The van der Waals surface area contributed by atoms with Gasteiger partial charge in [0.15, 0.2) is 5.78 Å². The predicted octanol–water partition coefficient (Wildman–Crippen LogP) is 4.21. The number of aromatic hydroxyl groups is 1. The lowest BCUT2D eigenvalue weighted by Crippen LogP contribution is -2.01. The number of ketones is 1. The summed E-state index contributed by atoms with van der Waals surface area (Å²) in [5, 5.41) is 9.52. The minimum atomic E-state index is -0.0387. The number of benzene rings is 2. The molecule has 0 atom stereocenters. The van der Waals surface area contributed by atoms with Crippen molar-refractivity contribution in [3.05, 3.63) is 70.3 Å². The molecule has 0 bridgehead atoms. The molecule has 2 aromatic rings. The van der Waals surface area contributed by atoms with E-state index in [1.807, 2.05) is 51.1 Å². The van der Waals surface area contributed by atoms with E-state index in [0.717, 1.165) is 22.3 Å². The van der Waals surface area contributed by atoms with Crippen molar-refractivity contribution in [1.82, 2.24) is 0 Å². The SMILES string of the molecule is Cc1ccccc1/C=C/C(=O)c1c(C)cc(O)cc1C. The molecular weight excluding hydrogens is 248 g/mol. The van der Waals surface area contributed by atoms with Crippen LogP contribution in [0.5, 0.6) is 5.75 Å². The second kappa shape index (κ2) is 5.74. The molecule has 0 radical (unpaired) electrons. The van der Waals surface area contributed by atoms with Crippen LogP contribution in [0.2, 0.25) is 0 Å². The molecule has 2 aromatic carbocycles. The van der Waals surface area contributed by atoms with E-state index in [-0.39, 0.29) is 11.5 Å². The summed E-state index contributed by atoms with van der Waals surface area (Å²) in [5.74, 6) is 0.155. The summed E-state index contributed by atoms with van der Waals surface area (Å²) in [4.78, 5) is 12.3. The Balaban J connectivity index is 2.32. The number of rotatable bonds is 3. The molecule has 0 saturated heterocycles. The first-order chi connectivity index (χ1) is 9.49. The zero-order chi connectivity index (χ0) is 14.7. The third-order valence-corrected chi connectivity index (χ3v) is 3.37. The minimum Gasteiger partial charge on any atom is -0.508 e. The van der Waals surface area contributed by atoms with Crippen LogP contribution in [-0.2, 0) is 0 Å². The number of phenols is 1. The van der Waals surface area contributed by atoms with Gasteiger partial charge >= 0.3 is 0 Å². The van der Waals surface area contributed by atoms with Crippen molar-refractivity contribution < 1.29 is 9.90 Å². The van der Waals surface area contributed by atoms with Crippen molar-refractivity contribution in [1.29, 1.82) is 0 Å². The molecular formula is C18H18O2. The first-order valence-corrected chi connectivity index (χ1v) is 6.57. The summed E-state index contributed by atoms with van der Waals surface area (Å²) in [6.07, 6.45) is 3.43. The Morgan fingerprint density at radius 3 is 2.20 bits per heavy atom. The van der Waals surface area contributed by atoms with E-state index >= 15 is 0 Å². The molecule has 102 valence electrons. The van der Waals surface area contributed by atoms with Crippen LogP contribution in [0.1, 0.15) is 32.6 Å². The monoisotopic (exact) mass is 266 g/mol. The first kappa shape index (κ1) is 14.1. The predicted molar refractivity (Wildman–Crippen MR) is 82.1 cm³/mol. The fourth-order valence-corrected chi connectivity index (χ4v) is 2.35. The number of hydrogen-bond donors (Lipinski definition) is 1. The van der Waals surface area contributed by atoms with Crippen LogP contribution >= 0.6 is 0 Å². The van der Waals surface area contributed by atoms with Gasteiger partial charge in [-0.25, -0.2) is 0 Å². The summed E-state index contributed by atoms with van der Waals surface area (Å²) in [7, 11) is 0. The molecule has 0 aliphatic carbocycles. The van der Waals surface area contributed by atoms with E-state index in [0.29, 0.717) is 5.56 Å². The molecule has 2 nitrogen and oxygen atoms in total. The maximum Gasteiger partial charge on any atom is 0.186 e. The Morgan fingerprint density at radius 1 is 1.00 bits per heavy atom. The number of carbonyl (C=O) groups is 1.